The first kappa shape index (κ1) is 12.6. The van der Waals surface area contributed by atoms with Gasteiger partial charge in [0.2, 0.25) is 0 Å². The van der Waals surface area contributed by atoms with Crippen LogP contribution in [0.4, 0.5) is 0 Å². The lowest BCUT2D eigenvalue weighted by Crippen LogP contribution is -2.46. The average Bonchev–Trinajstić information content (AvgIpc) is 2.59. The largest absolute Gasteiger partial charge is 0.465 e. The summed E-state index contributed by atoms with van der Waals surface area (Å²) in [4.78, 5) is 12.3. The Balaban J connectivity index is 1.96. The van der Waals surface area contributed by atoms with Crippen LogP contribution >= 0.6 is 0 Å². The fraction of sp³-hybridized carbons (Fsp3) is 0.786. The van der Waals surface area contributed by atoms with Crippen molar-refractivity contribution in [2.75, 3.05) is 6.61 Å². The van der Waals surface area contributed by atoms with Crippen LogP contribution in [0.3, 0.4) is 0 Å². The molecule has 0 aromatic carbocycles. The Kier molecular flexibility index (Phi) is 3.29. The van der Waals surface area contributed by atoms with Gasteiger partial charge in [-0.15, -0.1) is 10.2 Å². The molecule has 1 aromatic heterocycles. The molecule has 3 rings (SSSR count). The molecular weight excluding hydrogens is 242 g/mol. The highest BCUT2D eigenvalue weighted by molar-refractivity contribution is 5.83. The van der Waals surface area contributed by atoms with Crippen molar-refractivity contribution >= 4 is 5.97 Å². The van der Waals surface area contributed by atoms with Crippen molar-refractivity contribution in [3.8, 4) is 0 Å². The number of carbonyl (C=O) groups is 1. The fourth-order valence-electron chi connectivity index (χ4n) is 3.16. The van der Waals surface area contributed by atoms with E-state index in [0.29, 0.717) is 6.61 Å². The van der Waals surface area contributed by atoms with E-state index in [9.17, 15) is 4.79 Å². The van der Waals surface area contributed by atoms with E-state index in [-0.39, 0.29) is 5.97 Å². The average molecular weight is 263 g/mol. The number of ether oxygens (including phenoxy) is 1. The minimum atomic E-state index is -0.508. The molecule has 5 heteroatoms. The van der Waals surface area contributed by atoms with E-state index >= 15 is 0 Å². The zero-order valence-electron chi connectivity index (χ0n) is 11.5. The van der Waals surface area contributed by atoms with Crippen molar-refractivity contribution < 1.29 is 9.53 Å². The predicted octanol–water partition coefficient (Wildman–Crippen LogP) is 1.99. The SMILES string of the molecule is CCOC(=O)C1(c2nnc3n2CCCCC3)CCC1. The number of aryl methyl sites for hydroxylation is 1. The van der Waals surface area contributed by atoms with Crippen LogP contribution in [0.5, 0.6) is 0 Å². The van der Waals surface area contributed by atoms with Gasteiger partial charge in [0.05, 0.1) is 6.61 Å². The van der Waals surface area contributed by atoms with Crippen LogP contribution in [0.1, 0.15) is 57.1 Å². The van der Waals surface area contributed by atoms with Crippen LogP contribution in [-0.2, 0) is 27.9 Å². The van der Waals surface area contributed by atoms with Crippen LogP contribution in [-0.4, -0.2) is 27.3 Å². The number of nitrogens with zero attached hydrogens (tertiary/aromatic N) is 3. The van der Waals surface area contributed by atoms with Crippen LogP contribution in [0.25, 0.3) is 0 Å². The van der Waals surface area contributed by atoms with Gasteiger partial charge in [-0.05, 0) is 32.6 Å². The van der Waals surface area contributed by atoms with Crippen molar-refractivity contribution in [1.29, 1.82) is 0 Å². The molecule has 0 spiro atoms. The summed E-state index contributed by atoms with van der Waals surface area (Å²) in [6, 6.07) is 0. The van der Waals surface area contributed by atoms with E-state index in [0.717, 1.165) is 50.3 Å². The Morgan fingerprint density at radius 2 is 2.11 bits per heavy atom. The van der Waals surface area contributed by atoms with E-state index in [1.807, 2.05) is 6.92 Å². The molecule has 0 atom stereocenters. The lowest BCUT2D eigenvalue weighted by molar-refractivity contribution is -0.154. The second kappa shape index (κ2) is 4.94. The minimum absolute atomic E-state index is 0.110. The van der Waals surface area contributed by atoms with Crippen molar-refractivity contribution in [3.63, 3.8) is 0 Å². The summed E-state index contributed by atoms with van der Waals surface area (Å²) in [5, 5.41) is 8.66. The molecular formula is C14H21N3O2. The van der Waals surface area contributed by atoms with E-state index < -0.39 is 5.41 Å². The van der Waals surface area contributed by atoms with Gasteiger partial charge in [-0.1, -0.05) is 12.8 Å². The Hall–Kier alpha value is -1.39. The molecule has 1 aliphatic carbocycles. The molecule has 19 heavy (non-hydrogen) atoms. The van der Waals surface area contributed by atoms with Gasteiger partial charge in [-0.3, -0.25) is 4.79 Å². The molecule has 2 heterocycles. The molecule has 1 saturated carbocycles. The van der Waals surface area contributed by atoms with Gasteiger partial charge < -0.3 is 9.30 Å². The first-order chi connectivity index (χ1) is 9.28. The monoisotopic (exact) mass is 263 g/mol. The van der Waals surface area contributed by atoms with Gasteiger partial charge in [0, 0.05) is 13.0 Å². The second-order valence-corrected chi connectivity index (χ2v) is 5.56. The molecule has 0 unspecified atom stereocenters. The van der Waals surface area contributed by atoms with Crippen LogP contribution in [0.15, 0.2) is 0 Å². The van der Waals surface area contributed by atoms with Crippen molar-refractivity contribution in [2.24, 2.45) is 0 Å². The highest BCUT2D eigenvalue weighted by Gasteiger charge is 2.51. The molecule has 1 aliphatic heterocycles. The van der Waals surface area contributed by atoms with E-state index in [4.69, 9.17) is 4.74 Å². The molecule has 0 radical (unpaired) electrons. The zero-order chi connectivity index (χ0) is 13.3. The summed E-state index contributed by atoms with van der Waals surface area (Å²) in [6.45, 7) is 3.23. The molecule has 1 aromatic rings. The lowest BCUT2D eigenvalue weighted by Gasteiger charge is -2.38. The number of rotatable bonds is 3. The van der Waals surface area contributed by atoms with Crippen molar-refractivity contribution in [2.45, 2.75) is 63.8 Å². The maximum absolute atomic E-state index is 12.3. The third-order valence-corrected chi connectivity index (χ3v) is 4.41. The molecule has 2 aliphatic rings. The maximum Gasteiger partial charge on any atom is 0.319 e. The van der Waals surface area contributed by atoms with Gasteiger partial charge in [0.15, 0.2) is 5.82 Å². The molecule has 1 fully saturated rings. The lowest BCUT2D eigenvalue weighted by atomic mass is 9.68. The molecule has 0 N–H and O–H groups in total. The van der Waals surface area contributed by atoms with Gasteiger partial charge in [-0.25, -0.2) is 0 Å². The van der Waals surface area contributed by atoms with E-state index in [1.165, 1.54) is 12.8 Å². The number of hydrogen-bond acceptors (Lipinski definition) is 4. The third kappa shape index (κ3) is 1.95. The van der Waals surface area contributed by atoms with Gasteiger partial charge in [0.25, 0.3) is 0 Å². The second-order valence-electron chi connectivity index (χ2n) is 5.56. The van der Waals surface area contributed by atoms with Gasteiger partial charge in [-0.2, -0.15) is 0 Å². The zero-order valence-corrected chi connectivity index (χ0v) is 11.5. The third-order valence-electron chi connectivity index (χ3n) is 4.41. The van der Waals surface area contributed by atoms with E-state index in [2.05, 4.69) is 14.8 Å². The predicted molar refractivity (Wildman–Crippen MR) is 69.7 cm³/mol. The van der Waals surface area contributed by atoms with Crippen molar-refractivity contribution in [1.82, 2.24) is 14.8 Å². The van der Waals surface area contributed by atoms with Crippen molar-refractivity contribution in [3.05, 3.63) is 11.6 Å². The number of esters is 1. The number of carbonyl (C=O) groups excluding carboxylic acids is 1. The quantitative estimate of drug-likeness (QED) is 0.783. The molecule has 0 amide bonds. The smallest absolute Gasteiger partial charge is 0.319 e. The standard InChI is InChI=1S/C14H21N3O2/c1-2-19-13(18)14(8-6-9-14)12-16-15-11-7-4-3-5-10-17(11)12/h2-10H2,1H3. The normalized spacial score (nSPS) is 21.1. The van der Waals surface area contributed by atoms with Crippen LogP contribution in [0.2, 0.25) is 0 Å². The highest BCUT2D eigenvalue weighted by atomic mass is 16.5. The topological polar surface area (TPSA) is 57.0 Å². The summed E-state index contributed by atoms with van der Waals surface area (Å²) < 4.78 is 7.46. The summed E-state index contributed by atoms with van der Waals surface area (Å²) in [5.74, 6) is 1.79. The molecule has 0 bridgehead atoms. The Morgan fingerprint density at radius 1 is 1.26 bits per heavy atom. The maximum atomic E-state index is 12.3. The first-order valence-corrected chi connectivity index (χ1v) is 7.38. The van der Waals surface area contributed by atoms with E-state index in [1.54, 1.807) is 0 Å². The summed E-state index contributed by atoms with van der Waals surface area (Å²) in [6.07, 6.45) is 7.30. The van der Waals surface area contributed by atoms with Gasteiger partial charge in [0.1, 0.15) is 11.2 Å². The number of hydrogen-bond donors (Lipinski definition) is 0. The van der Waals surface area contributed by atoms with Gasteiger partial charge >= 0.3 is 5.97 Å². The fourth-order valence-corrected chi connectivity index (χ4v) is 3.16. The molecule has 0 saturated heterocycles. The summed E-state index contributed by atoms with van der Waals surface area (Å²) >= 11 is 0. The highest BCUT2D eigenvalue weighted by Crippen LogP contribution is 2.44. The Bertz CT molecular complexity index is 477. The summed E-state index contributed by atoms with van der Waals surface area (Å²) in [5.41, 5.74) is -0.508. The number of aromatic nitrogens is 3. The van der Waals surface area contributed by atoms with Crippen LogP contribution < -0.4 is 0 Å². The minimum Gasteiger partial charge on any atom is -0.465 e. The first-order valence-electron chi connectivity index (χ1n) is 7.38. The Labute approximate surface area is 113 Å². The number of fused-ring (bicyclic) bond motifs is 1. The van der Waals surface area contributed by atoms with Crippen LogP contribution in [0, 0.1) is 0 Å². The molecule has 104 valence electrons. The summed E-state index contributed by atoms with van der Waals surface area (Å²) in [7, 11) is 0. The Morgan fingerprint density at radius 3 is 2.79 bits per heavy atom. The molecule has 5 nitrogen and oxygen atoms in total.